The van der Waals surface area contributed by atoms with Crippen molar-refractivity contribution in [1.82, 2.24) is 34.8 Å². The molecule has 11 heteroatoms. The molecule has 1 saturated carbocycles. The number of nitrogens with zero attached hydrogens (tertiary/aromatic N) is 5. The van der Waals surface area contributed by atoms with Crippen molar-refractivity contribution in [1.29, 1.82) is 0 Å². The molecule has 0 saturated heterocycles. The molecule has 0 atom stereocenters. The number of carbonyl (C=O) groups is 1. The van der Waals surface area contributed by atoms with E-state index in [1.165, 1.54) is 0 Å². The lowest BCUT2D eigenvalue weighted by Gasteiger charge is -2.30. The predicted molar refractivity (Wildman–Crippen MR) is 102 cm³/mol. The minimum Gasteiger partial charge on any atom is -0.348 e. The molecule has 0 aromatic carbocycles. The van der Waals surface area contributed by atoms with Crippen molar-refractivity contribution < 1.29 is 18.0 Å². The van der Waals surface area contributed by atoms with Gasteiger partial charge in [-0.1, -0.05) is 0 Å². The number of hydrogen-bond acceptors (Lipinski definition) is 5. The number of rotatable bonds is 5. The molecule has 0 radical (unpaired) electrons. The van der Waals surface area contributed by atoms with Crippen LogP contribution in [0.25, 0.3) is 11.5 Å². The third-order valence-electron chi connectivity index (χ3n) is 5.29. The van der Waals surface area contributed by atoms with E-state index in [1.54, 1.807) is 39.9 Å². The van der Waals surface area contributed by atoms with Gasteiger partial charge in [0.15, 0.2) is 5.69 Å². The molecular weight excluding hydrogens is 399 g/mol. The second kappa shape index (κ2) is 8.05. The van der Waals surface area contributed by atoms with Crippen LogP contribution < -0.4 is 10.6 Å². The van der Waals surface area contributed by atoms with E-state index < -0.39 is 12.7 Å². The van der Waals surface area contributed by atoms with E-state index in [4.69, 9.17) is 0 Å². The van der Waals surface area contributed by atoms with Crippen LogP contribution in [0.15, 0.2) is 30.9 Å². The Balaban J connectivity index is 1.45. The van der Waals surface area contributed by atoms with Crippen LogP contribution in [0.3, 0.4) is 0 Å². The minimum absolute atomic E-state index is 0.107. The van der Waals surface area contributed by atoms with Crippen LogP contribution in [-0.2, 0) is 0 Å². The number of aromatic nitrogens is 5. The van der Waals surface area contributed by atoms with Gasteiger partial charge in [-0.2, -0.15) is 13.2 Å². The first-order valence-electron chi connectivity index (χ1n) is 9.76. The van der Waals surface area contributed by atoms with E-state index >= 15 is 0 Å². The van der Waals surface area contributed by atoms with Gasteiger partial charge in [0.1, 0.15) is 6.33 Å². The molecule has 1 amide bonds. The van der Waals surface area contributed by atoms with E-state index in [0.717, 1.165) is 5.69 Å². The molecule has 3 aromatic rings. The summed E-state index contributed by atoms with van der Waals surface area (Å²) in [4.78, 5) is 21.5. The zero-order valence-corrected chi connectivity index (χ0v) is 16.4. The second-order valence-corrected chi connectivity index (χ2v) is 7.52. The first-order chi connectivity index (χ1) is 14.3. The SMILES string of the molecule is Cc1cncn1-c1nc(C(=O)NC2CCC(NCC(F)(F)F)CC2)c2cccn2n1. The van der Waals surface area contributed by atoms with E-state index in [2.05, 4.69) is 25.7 Å². The van der Waals surface area contributed by atoms with Gasteiger partial charge in [0.05, 0.1) is 12.1 Å². The predicted octanol–water partition coefficient (Wildman–Crippen LogP) is 2.42. The van der Waals surface area contributed by atoms with Crippen molar-refractivity contribution in [2.24, 2.45) is 0 Å². The van der Waals surface area contributed by atoms with Crippen LogP contribution >= 0.6 is 0 Å². The van der Waals surface area contributed by atoms with Gasteiger partial charge >= 0.3 is 6.18 Å². The summed E-state index contributed by atoms with van der Waals surface area (Å²) >= 11 is 0. The Kier molecular flexibility index (Phi) is 5.46. The highest BCUT2D eigenvalue weighted by Gasteiger charge is 2.30. The van der Waals surface area contributed by atoms with Gasteiger partial charge in [-0.05, 0) is 44.7 Å². The normalized spacial score (nSPS) is 19.9. The molecule has 160 valence electrons. The van der Waals surface area contributed by atoms with Gasteiger partial charge in [-0.15, -0.1) is 5.10 Å². The molecule has 1 aliphatic carbocycles. The fraction of sp³-hybridized carbons (Fsp3) is 0.474. The molecule has 0 bridgehead atoms. The second-order valence-electron chi connectivity index (χ2n) is 7.52. The molecule has 4 rings (SSSR count). The molecular formula is C19H22F3N7O. The number of imidazole rings is 1. The van der Waals surface area contributed by atoms with Crippen molar-refractivity contribution in [3.8, 4) is 5.95 Å². The highest BCUT2D eigenvalue weighted by Crippen LogP contribution is 2.21. The number of nitrogens with one attached hydrogen (secondary N) is 2. The Morgan fingerprint density at radius 2 is 1.97 bits per heavy atom. The van der Waals surface area contributed by atoms with Crippen molar-refractivity contribution in [3.63, 3.8) is 0 Å². The van der Waals surface area contributed by atoms with Crippen LogP contribution in [0.1, 0.15) is 41.9 Å². The fourth-order valence-corrected chi connectivity index (χ4v) is 3.72. The molecule has 1 fully saturated rings. The number of alkyl halides is 3. The van der Waals surface area contributed by atoms with Crippen LogP contribution in [0, 0.1) is 6.92 Å². The molecule has 1 aliphatic rings. The van der Waals surface area contributed by atoms with Crippen molar-refractivity contribution in [2.45, 2.75) is 50.9 Å². The molecule has 3 aromatic heterocycles. The first-order valence-corrected chi connectivity index (χ1v) is 9.76. The van der Waals surface area contributed by atoms with E-state index in [1.807, 2.05) is 6.92 Å². The molecule has 0 spiro atoms. The number of aryl methyl sites for hydroxylation is 1. The van der Waals surface area contributed by atoms with Crippen molar-refractivity contribution in [3.05, 3.63) is 42.2 Å². The van der Waals surface area contributed by atoms with Crippen LogP contribution in [0.4, 0.5) is 13.2 Å². The van der Waals surface area contributed by atoms with Gasteiger partial charge in [0, 0.05) is 30.2 Å². The van der Waals surface area contributed by atoms with Gasteiger partial charge in [-0.3, -0.25) is 9.36 Å². The minimum atomic E-state index is -4.22. The first kappa shape index (κ1) is 20.3. The third kappa shape index (κ3) is 4.45. The van der Waals surface area contributed by atoms with Crippen LogP contribution in [0.5, 0.6) is 0 Å². The molecule has 3 heterocycles. The number of amides is 1. The largest absolute Gasteiger partial charge is 0.401 e. The Morgan fingerprint density at radius 3 is 2.63 bits per heavy atom. The Hall–Kier alpha value is -2.95. The van der Waals surface area contributed by atoms with E-state index in [9.17, 15) is 18.0 Å². The quantitative estimate of drug-likeness (QED) is 0.661. The Labute approximate surface area is 170 Å². The number of hydrogen-bond donors (Lipinski definition) is 2. The number of halogens is 3. The van der Waals surface area contributed by atoms with Crippen molar-refractivity contribution in [2.75, 3.05) is 6.54 Å². The molecule has 0 aliphatic heterocycles. The maximum absolute atomic E-state index is 13.0. The lowest BCUT2D eigenvalue weighted by molar-refractivity contribution is -0.126. The zero-order chi connectivity index (χ0) is 21.3. The molecule has 0 unspecified atom stereocenters. The summed E-state index contributed by atoms with van der Waals surface area (Å²) in [5.41, 5.74) is 1.66. The lowest BCUT2D eigenvalue weighted by atomic mass is 9.91. The van der Waals surface area contributed by atoms with Crippen molar-refractivity contribution >= 4 is 11.4 Å². The smallest absolute Gasteiger partial charge is 0.348 e. The summed E-state index contributed by atoms with van der Waals surface area (Å²) in [5, 5.41) is 9.95. The number of fused-ring (bicyclic) bond motifs is 1. The fourth-order valence-electron chi connectivity index (χ4n) is 3.72. The van der Waals surface area contributed by atoms with Gasteiger partial charge < -0.3 is 10.6 Å². The summed E-state index contributed by atoms with van der Waals surface area (Å²) < 4.78 is 40.4. The monoisotopic (exact) mass is 421 g/mol. The average molecular weight is 421 g/mol. The van der Waals surface area contributed by atoms with Gasteiger partial charge in [-0.25, -0.2) is 14.5 Å². The maximum atomic E-state index is 13.0. The zero-order valence-electron chi connectivity index (χ0n) is 16.4. The summed E-state index contributed by atoms with van der Waals surface area (Å²) in [7, 11) is 0. The Morgan fingerprint density at radius 1 is 1.23 bits per heavy atom. The van der Waals surface area contributed by atoms with Gasteiger partial charge in [0.25, 0.3) is 11.9 Å². The van der Waals surface area contributed by atoms with Crippen LogP contribution in [0.2, 0.25) is 0 Å². The third-order valence-corrected chi connectivity index (χ3v) is 5.29. The molecule has 8 nitrogen and oxygen atoms in total. The summed E-state index contributed by atoms with van der Waals surface area (Å²) in [5.74, 6) is 0.00530. The van der Waals surface area contributed by atoms with E-state index in [-0.39, 0.29) is 23.7 Å². The summed E-state index contributed by atoms with van der Waals surface area (Å²) in [6.07, 6.45) is 3.14. The summed E-state index contributed by atoms with van der Waals surface area (Å²) in [6.45, 7) is 0.875. The highest BCUT2D eigenvalue weighted by atomic mass is 19.4. The maximum Gasteiger partial charge on any atom is 0.401 e. The van der Waals surface area contributed by atoms with Gasteiger partial charge in [0.2, 0.25) is 0 Å². The molecule has 30 heavy (non-hydrogen) atoms. The topological polar surface area (TPSA) is 89.1 Å². The lowest BCUT2D eigenvalue weighted by Crippen LogP contribution is -2.44. The number of carbonyl (C=O) groups excluding carboxylic acids is 1. The Bertz CT molecular complexity index is 1030. The van der Waals surface area contributed by atoms with Crippen LogP contribution in [-0.4, -0.2) is 54.9 Å². The average Bonchev–Trinajstić information content (AvgIpc) is 3.34. The summed E-state index contributed by atoms with van der Waals surface area (Å²) in [6, 6.07) is 3.25. The highest BCUT2D eigenvalue weighted by molar-refractivity contribution is 5.99. The molecule has 2 N–H and O–H groups in total. The standard InChI is InChI=1S/C19H22F3N7O/c1-12-9-23-11-28(12)18-26-16(15-3-2-8-29(15)27-18)17(30)25-14-6-4-13(5-7-14)24-10-19(20,21)22/h2-3,8-9,11,13-14,24H,4-7,10H2,1H3,(H,25,30). The van der Waals surface area contributed by atoms with E-state index in [0.29, 0.717) is 37.1 Å².